The van der Waals surface area contributed by atoms with E-state index in [1.165, 1.54) is 4.90 Å². The molecule has 2 N–H and O–H groups in total. The van der Waals surface area contributed by atoms with Gasteiger partial charge in [-0.2, -0.15) is 4.98 Å². The van der Waals surface area contributed by atoms with Gasteiger partial charge in [0.1, 0.15) is 6.54 Å². The second-order valence-corrected chi connectivity index (χ2v) is 9.79. The van der Waals surface area contributed by atoms with Crippen LogP contribution in [0.15, 0.2) is 82.7 Å². The maximum Gasteiger partial charge on any atom is 0.281 e. The number of nitrogens with zero attached hydrogens (tertiary/aromatic N) is 2. The van der Waals surface area contributed by atoms with Crippen molar-refractivity contribution < 1.29 is 19.3 Å². The molecule has 176 valence electrons. The van der Waals surface area contributed by atoms with Gasteiger partial charge in [-0.3, -0.25) is 0 Å². The van der Waals surface area contributed by atoms with Crippen molar-refractivity contribution in [1.82, 2.24) is 10.1 Å². The van der Waals surface area contributed by atoms with Crippen LogP contribution in [0.3, 0.4) is 0 Å². The zero-order valence-electron chi connectivity index (χ0n) is 19.3. The number of aromatic nitrogens is 2. The first-order chi connectivity index (χ1) is 16.7. The molecule has 0 saturated carbocycles. The van der Waals surface area contributed by atoms with Gasteiger partial charge in [-0.15, -0.1) is 11.3 Å². The summed E-state index contributed by atoms with van der Waals surface area (Å²) in [4.78, 5) is 6.03. The van der Waals surface area contributed by atoms with Gasteiger partial charge in [0.05, 0.1) is 6.54 Å². The second-order valence-electron chi connectivity index (χ2n) is 8.88. The number of thiophene rings is 1. The van der Waals surface area contributed by atoms with E-state index in [0.717, 1.165) is 31.0 Å². The molecule has 2 aromatic heterocycles. The number of likely N-dealkylation sites (tertiary alicyclic amines) is 1. The number of benzene rings is 2. The van der Waals surface area contributed by atoms with Crippen molar-refractivity contribution >= 4 is 11.3 Å². The van der Waals surface area contributed by atoms with Gasteiger partial charge >= 0.3 is 0 Å². The van der Waals surface area contributed by atoms with Crippen LogP contribution in [0.25, 0.3) is 0 Å². The Kier molecular flexibility index (Phi) is 6.76. The molecule has 1 aliphatic rings. The van der Waals surface area contributed by atoms with E-state index < -0.39 is 5.60 Å². The number of quaternary nitrogens is 1. The minimum Gasteiger partial charge on any atom is -0.475 e. The topological polar surface area (TPSA) is 72.8 Å². The lowest BCUT2D eigenvalue weighted by Gasteiger charge is -2.34. The Morgan fingerprint density at radius 2 is 1.76 bits per heavy atom. The van der Waals surface area contributed by atoms with Gasteiger partial charge in [0.2, 0.25) is 5.82 Å². The molecule has 4 aromatic rings. The zero-order valence-corrected chi connectivity index (χ0v) is 20.1. The molecule has 34 heavy (non-hydrogen) atoms. The molecule has 1 fully saturated rings. The standard InChI is InChI=1S/C27H29N3O3S/c1-2-20-15-16-30(18-23(20)32-25-14-9-17-34-25)19-24-28-26(29-33-24)27(31,21-10-5-3-6-11-21)22-12-7-4-8-13-22/h3-14,17,20,23,31H,2,15-16,18-19H2,1H3/p+1. The Bertz CT molecular complexity index is 1120. The lowest BCUT2D eigenvalue weighted by Crippen LogP contribution is -3.13. The molecule has 0 aliphatic carbocycles. The molecule has 0 bridgehead atoms. The van der Waals surface area contributed by atoms with Crippen molar-refractivity contribution in [1.29, 1.82) is 0 Å². The molecule has 0 amide bonds. The molecule has 0 spiro atoms. The monoisotopic (exact) mass is 476 g/mol. The average Bonchev–Trinajstić information content (AvgIpc) is 3.57. The number of piperidine rings is 1. The van der Waals surface area contributed by atoms with E-state index in [0.29, 0.717) is 29.5 Å². The molecule has 2 aromatic carbocycles. The summed E-state index contributed by atoms with van der Waals surface area (Å²) in [5.41, 5.74) is -0.0808. The number of ether oxygens (including phenoxy) is 1. The van der Waals surface area contributed by atoms with E-state index in [4.69, 9.17) is 9.26 Å². The van der Waals surface area contributed by atoms with Crippen molar-refractivity contribution in [3.05, 3.63) is 101 Å². The van der Waals surface area contributed by atoms with Crippen LogP contribution in [0, 0.1) is 5.92 Å². The fourth-order valence-electron chi connectivity index (χ4n) is 4.84. The minimum atomic E-state index is -1.49. The number of nitrogens with one attached hydrogen (secondary N) is 1. The maximum absolute atomic E-state index is 11.9. The SMILES string of the molecule is CCC1CC[NH+](Cc2nc(C(O)(c3ccccc3)c3ccccc3)no2)CC1Oc1cccs1. The Morgan fingerprint density at radius 1 is 1.06 bits per heavy atom. The summed E-state index contributed by atoms with van der Waals surface area (Å²) in [7, 11) is 0. The van der Waals surface area contributed by atoms with E-state index in [1.807, 2.05) is 78.2 Å². The van der Waals surface area contributed by atoms with E-state index in [-0.39, 0.29) is 11.9 Å². The molecule has 1 aliphatic heterocycles. The molecular weight excluding hydrogens is 446 g/mol. The first kappa shape index (κ1) is 22.8. The summed E-state index contributed by atoms with van der Waals surface area (Å²) in [5.74, 6) is 1.33. The van der Waals surface area contributed by atoms with E-state index in [9.17, 15) is 5.11 Å². The van der Waals surface area contributed by atoms with Crippen LogP contribution in [-0.4, -0.2) is 34.4 Å². The third kappa shape index (κ3) is 4.64. The smallest absolute Gasteiger partial charge is 0.281 e. The van der Waals surface area contributed by atoms with Crippen LogP contribution in [0.1, 0.15) is 42.6 Å². The number of hydrogen-bond acceptors (Lipinski definition) is 6. The highest BCUT2D eigenvalue weighted by Gasteiger charge is 2.40. The fraction of sp³-hybridized carbons (Fsp3) is 0.333. The average molecular weight is 477 g/mol. The predicted molar refractivity (Wildman–Crippen MR) is 131 cm³/mol. The first-order valence-electron chi connectivity index (χ1n) is 11.9. The molecular formula is C27H30N3O3S+. The third-order valence-electron chi connectivity index (χ3n) is 6.75. The molecule has 1 saturated heterocycles. The van der Waals surface area contributed by atoms with Crippen molar-refractivity contribution in [3.63, 3.8) is 0 Å². The van der Waals surface area contributed by atoms with E-state index >= 15 is 0 Å². The number of rotatable bonds is 8. The van der Waals surface area contributed by atoms with Crippen LogP contribution in [0.5, 0.6) is 5.06 Å². The lowest BCUT2D eigenvalue weighted by molar-refractivity contribution is -0.924. The van der Waals surface area contributed by atoms with Gasteiger partial charge in [0.15, 0.2) is 23.3 Å². The summed E-state index contributed by atoms with van der Waals surface area (Å²) in [6, 6.07) is 23.1. The van der Waals surface area contributed by atoms with Crippen molar-refractivity contribution in [3.8, 4) is 5.06 Å². The Morgan fingerprint density at radius 3 is 2.38 bits per heavy atom. The van der Waals surface area contributed by atoms with E-state index in [1.54, 1.807) is 11.3 Å². The highest BCUT2D eigenvalue weighted by atomic mass is 32.1. The maximum atomic E-state index is 11.9. The van der Waals surface area contributed by atoms with Gasteiger partial charge in [-0.05, 0) is 35.1 Å². The predicted octanol–water partition coefficient (Wildman–Crippen LogP) is 3.68. The molecule has 3 atom stereocenters. The number of hydrogen-bond donors (Lipinski definition) is 2. The van der Waals surface area contributed by atoms with Crippen molar-refractivity contribution in [2.75, 3.05) is 13.1 Å². The third-order valence-corrected chi connectivity index (χ3v) is 7.51. The van der Waals surface area contributed by atoms with Crippen molar-refractivity contribution in [2.24, 2.45) is 5.92 Å². The molecule has 6 nitrogen and oxygen atoms in total. The summed E-state index contributed by atoms with van der Waals surface area (Å²) in [6.07, 6.45) is 2.37. The fourth-order valence-corrected chi connectivity index (χ4v) is 5.47. The van der Waals surface area contributed by atoms with Crippen LogP contribution in [0.4, 0.5) is 0 Å². The Hall–Kier alpha value is -3.00. The van der Waals surface area contributed by atoms with E-state index in [2.05, 4.69) is 17.1 Å². The number of aliphatic hydroxyl groups is 1. The summed E-state index contributed by atoms with van der Waals surface area (Å²) >= 11 is 1.64. The quantitative estimate of drug-likeness (QED) is 0.406. The van der Waals surface area contributed by atoms with Crippen LogP contribution >= 0.6 is 11.3 Å². The molecule has 5 rings (SSSR count). The second kappa shape index (κ2) is 10.1. The molecule has 3 unspecified atom stereocenters. The summed E-state index contributed by atoms with van der Waals surface area (Å²) in [6.45, 7) is 4.75. The van der Waals surface area contributed by atoms with Crippen LogP contribution in [0.2, 0.25) is 0 Å². The van der Waals surface area contributed by atoms with Crippen LogP contribution < -0.4 is 9.64 Å². The largest absolute Gasteiger partial charge is 0.475 e. The van der Waals surface area contributed by atoms with Gasteiger partial charge < -0.3 is 19.3 Å². The normalized spacial score (nSPS) is 20.8. The van der Waals surface area contributed by atoms with Gasteiger partial charge in [-0.25, -0.2) is 0 Å². The Balaban J connectivity index is 1.36. The molecule has 0 radical (unpaired) electrons. The lowest BCUT2D eigenvalue weighted by atomic mass is 9.85. The van der Waals surface area contributed by atoms with Gasteiger partial charge in [0, 0.05) is 12.3 Å². The Labute approximate surface area is 203 Å². The molecule has 3 heterocycles. The zero-order chi connectivity index (χ0) is 23.4. The summed E-state index contributed by atoms with van der Waals surface area (Å²) in [5, 5.41) is 19.1. The highest BCUT2D eigenvalue weighted by molar-refractivity contribution is 7.11. The highest BCUT2D eigenvalue weighted by Crippen LogP contribution is 2.34. The summed E-state index contributed by atoms with van der Waals surface area (Å²) < 4.78 is 12.0. The van der Waals surface area contributed by atoms with Crippen molar-refractivity contribution in [2.45, 2.75) is 38.0 Å². The minimum absolute atomic E-state index is 0.167. The van der Waals surface area contributed by atoms with Gasteiger partial charge in [0.25, 0.3) is 5.89 Å². The first-order valence-corrected chi connectivity index (χ1v) is 12.7. The molecule has 7 heteroatoms. The van der Waals surface area contributed by atoms with Crippen LogP contribution in [-0.2, 0) is 12.1 Å². The van der Waals surface area contributed by atoms with Gasteiger partial charge in [-0.1, -0.05) is 72.7 Å².